The lowest BCUT2D eigenvalue weighted by Gasteiger charge is -2.22. The molecule has 2 atom stereocenters. The number of hydrogen-bond acceptors (Lipinski definition) is 4. The van der Waals surface area contributed by atoms with E-state index in [2.05, 4.69) is 0 Å². The first-order valence-electron chi connectivity index (χ1n) is 8.32. The van der Waals surface area contributed by atoms with Crippen molar-refractivity contribution in [2.45, 2.75) is 24.6 Å². The number of carbonyl (C=O) groups is 1. The third kappa shape index (κ3) is 3.48. The van der Waals surface area contributed by atoms with Crippen LogP contribution < -0.4 is 0 Å². The van der Waals surface area contributed by atoms with Crippen LogP contribution in [0.25, 0.3) is 0 Å². The molecule has 1 aromatic carbocycles. The summed E-state index contributed by atoms with van der Waals surface area (Å²) in [7, 11) is -1.81. The summed E-state index contributed by atoms with van der Waals surface area (Å²) in [6.45, 7) is 2.14. The number of amides is 1. The van der Waals surface area contributed by atoms with Crippen LogP contribution in [0.2, 0.25) is 0 Å². The van der Waals surface area contributed by atoms with Gasteiger partial charge in [0.1, 0.15) is 6.61 Å². The van der Waals surface area contributed by atoms with Gasteiger partial charge in [-0.3, -0.25) is 4.79 Å². The quantitative estimate of drug-likeness (QED) is 0.813. The molecule has 0 spiro atoms. The highest BCUT2D eigenvalue weighted by Crippen LogP contribution is 2.35. The van der Waals surface area contributed by atoms with Crippen molar-refractivity contribution in [2.75, 3.05) is 33.4 Å². The maximum atomic E-state index is 12.9. The van der Waals surface area contributed by atoms with Crippen molar-refractivity contribution in [1.82, 2.24) is 9.21 Å². The monoisotopic (exact) mass is 352 g/mol. The van der Waals surface area contributed by atoms with Crippen LogP contribution in [0.1, 0.15) is 18.4 Å². The van der Waals surface area contributed by atoms with E-state index in [1.54, 1.807) is 9.21 Å². The summed E-state index contributed by atoms with van der Waals surface area (Å²) < 4.78 is 32.3. The third-order valence-corrected chi connectivity index (χ3v) is 7.37. The Labute approximate surface area is 143 Å². The van der Waals surface area contributed by atoms with Crippen molar-refractivity contribution >= 4 is 15.9 Å². The minimum absolute atomic E-state index is 0.0578. The van der Waals surface area contributed by atoms with E-state index < -0.39 is 10.0 Å². The molecule has 2 aliphatic heterocycles. The summed E-state index contributed by atoms with van der Waals surface area (Å²) in [5.74, 6) is 0.0371. The SMILES string of the molecule is COCC(=O)N1CC[C@H]2CN(Cc3ccccc3)S(=O)(=O)[C@@H]2CC1. The van der Waals surface area contributed by atoms with Gasteiger partial charge in [0, 0.05) is 33.3 Å². The Morgan fingerprint density at radius 3 is 2.62 bits per heavy atom. The molecule has 0 N–H and O–H groups in total. The molecule has 0 aromatic heterocycles. The van der Waals surface area contributed by atoms with Gasteiger partial charge in [-0.05, 0) is 24.3 Å². The molecule has 0 aliphatic carbocycles. The molecule has 6 nitrogen and oxygen atoms in total. The van der Waals surface area contributed by atoms with Gasteiger partial charge in [0.05, 0.1) is 5.25 Å². The van der Waals surface area contributed by atoms with Crippen LogP contribution in [0.3, 0.4) is 0 Å². The highest BCUT2D eigenvalue weighted by atomic mass is 32.2. The normalized spacial score (nSPS) is 26.8. The summed E-state index contributed by atoms with van der Waals surface area (Å²) in [5.41, 5.74) is 1.01. The van der Waals surface area contributed by atoms with E-state index in [1.165, 1.54) is 7.11 Å². The summed E-state index contributed by atoms with van der Waals surface area (Å²) in [4.78, 5) is 13.7. The predicted octanol–water partition coefficient (Wildman–Crippen LogP) is 1.09. The maximum Gasteiger partial charge on any atom is 0.248 e. The number of sulfonamides is 1. The van der Waals surface area contributed by atoms with Gasteiger partial charge in [-0.15, -0.1) is 0 Å². The van der Waals surface area contributed by atoms with Crippen LogP contribution in [0, 0.1) is 5.92 Å². The molecular formula is C17H24N2O4S. The van der Waals surface area contributed by atoms with Gasteiger partial charge in [-0.25, -0.2) is 8.42 Å². The molecule has 7 heteroatoms. The van der Waals surface area contributed by atoms with E-state index in [9.17, 15) is 13.2 Å². The number of hydrogen-bond donors (Lipinski definition) is 0. The lowest BCUT2D eigenvalue weighted by molar-refractivity contribution is -0.135. The molecule has 132 valence electrons. The average molecular weight is 352 g/mol. The molecule has 0 unspecified atom stereocenters. The first kappa shape index (κ1) is 17.4. The Balaban J connectivity index is 1.69. The average Bonchev–Trinajstić information content (AvgIpc) is 2.71. The second-order valence-electron chi connectivity index (χ2n) is 6.51. The lowest BCUT2D eigenvalue weighted by atomic mass is 10.0. The van der Waals surface area contributed by atoms with E-state index in [1.807, 2.05) is 30.3 Å². The van der Waals surface area contributed by atoms with E-state index in [-0.39, 0.29) is 23.7 Å². The molecule has 1 amide bonds. The number of nitrogens with zero attached hydrogens (tertiary/aromatic N) is 2. The molecule has 0 radical (unpaired) electrons. The molecule has 1 aromatic rings. The topological polar surface area (TPSA) is 66.9 Å². The molecular weight excluding hydrogens is 328 g/mol. The number of rotatable bonds is 4. The fourth-order valence-corrected chi connectivity index (χ4v) is 5.92. The number of benzene rings is 1. The number of ether oxygens (including phenoxy) is 1. The smallest absolute Gasteiger partial charge is 0.248 e. The number of likely N-dealkylation sites (tertiary alicyclic amines) is 1. The molecule has 2 fully saturated rings. The highest BCUT2D eigenvalue weighted by Gasteiger charge is 2.47. The number of carbonyl (C=O) groups excluding carboxylic acids is 1. The lowest BCUT2D eigenvalue weighted by Crippen LogP contribution is -2.36. The third-order valence-electron chi connectivity index (χ3n) is 4.98. The Kier molecular flexibility index (Phi) is 5.22. The second-order valence-corrected chi connectivity index (χ2v) is 8.66. The zero-order chi connectivity index (χ0) is 17.2. The molecule has 0 saturated carbocycles. The van der Waals surface area contributed by atoms with Crippen LogP contribution in [-0.4, -0.2) is 62.1 Å². The van der Waals surface area contributed by atoms with Crippen LogP contribution in [0.4, 0.5) is 0 Å². The number of fused-ring (bicyclic) bond motifs is 1. The van der Waals surface area contributed by atoms with Crippen molar-refractivity contribution in [1.29, 1.82) is 0 Å². The first-order chi connectivity index (χ1) is 11.5. The van der Waals surface area contributed by atoms with Crippen molar-refractivity contribution in [2.24, 2.45) is 5.92 Å². The van der Waals surface area contributed by atoms with Gasteiger partial charge in [-0.2, -0.15) is 4.31 Å². The minimum Gasteiger partial charge on any atom is -0.375 e. The summed E-state index contributed by atoms with van der Waals surface area (Å²) in [5, 5.41) is -0.374. The predicted molar refractivity (Wildman–Crippen MR) is 90.7 cm³/mol. The van der Waals surface area contributed by atoms with Crippen LogP contribution in [-0.2, 0) is 26.1 Å². The molecule has 3 rings (SSSR count). The largest absolute Gasteiger partial charge is 0.375 e. The van der Waals surface area contributed by atoms with Crippen LogP contribution in [0.15, 0.2) is 30.3 Å². The van der Waals surface area contributed by atoms with E-state index in [0.29, 0.717) is 32.6 Å². The zero-order valence-corrected chi connectivity index (χ0v) is 14.7. The fourth-order valence-electron chi connectivity index (χ4n) is 3.70. The number of methoxy groups -OCH3 is 1. The second kappa shape index (κ2) is 7.21. The molecule has 24 heavy (non-hydrogen) atoms. The van der Waals surface area contributed by atoms with Crippen LogP contribution in [0.5, 0.6) is 0 Å². The van der Waals surface area contributed by atoms with Crippen molar-refractivity contribution in [3.63, 3.8) is 0 Å². The molecule has 0 bridgehead atoms. The Morgan fingerprint density at radius 2 is 1.92 bits per heavy atom. The standard InChI is InChI=1S/C17H24N2O4S/c1-23-13-17(20)18-9-7-15-12-19(11-14-5-3-2-4-6-14)24(21,22)16(15)8-10-18/h2-6,15-16H,7-13H2,1H3/t15-,16+/m0/s1. The summed E-state index contributed by atoms with van der Waals surface area (Å²) in [6.07, 6.45) is 1.23. The molecule has 2 aliphatic rings. The van der Waals surface area contributed by atoms with Crippen molar-refractivity contribution in [3.8, 4) is 0 Å². The first-order valence-corrected chi connectivity index (χ1v) is 9.82. The van der Waals surface area contributed by atoms with Gasteiger partial charge in [0.15, 0.2) is 0 Å². The van der Waals surface area contributed by atoms with E-state index in [0.717, 1.165) is 12.0 Å². The van der Waals surface area contributed by atoms with Gasteiger partial charge in [-0.1, -0.05) is 30.3 Å². The Bertz CT molecular complexity index is 677. The zero-order valence-electron chi connectivity index (χ0n) is 13.9. The Hall–Kier alpha value is -1.44. The van der Waals surface area contributed by atoms with Crippen molar-refractivity contribution < 1.29 is 17.9 Å². The fraction of sp³-hybridized carbons (Fsp3) is 0.588. The van der Waals surface area contributed by atoms with Crippen molar-refractivity contribution in [3.05, 3.63) is 35.9 Å². The molecule has 2 heterocycles. The highest BCUT2D eigenvalue weighted by molar-refractivity contribution is 7.90. The van der Waals surface area contributed by atoms with Gasteiger partial charge >= 0.3 is 0 Å². The summed E-state index contributed by atoms with van der Waals surface area (Å²) in [6, 6.07) is 9.69. The van der Waals surface area contributed by atoms with E-state index >= 15 is 0 Å². The Morgan fingerprint density at radius 1 is 1.21 bits per heavy atom. The minimum atomic E-state index is -3.31. The van der Waals surface area contributed by atoms with Gasteiger partial charge in [0.2, 0.25) is 15.9 Å². The van der Waals surface area contributed by atoms with E-state index in [4.69, 9.17) is 4.74 Å². The van der Waals surface area contributed by atoms with Gasteiger partial charge < -0.3 is 9.64 Å². The summed E-state index contributed by atoms with van der Waals surface area (Å²) >= 11 is 0. The van der Waals surface area contributed by atoms with Gasteiger partial charge in [0.25, 0.3) is 0 Å². The maximum absolute atomic E-state index is 12.9. The van der Waals surface area contributed by atoms with Crippen LogP contribution >= 0.6 is 0 Å². The molecule has 2 saturated heterocycles.